The molecule has 0 aliphatic rings. The predicted octanol–water partition coefficient (Wildman–Crippen LogP) is -0.162. The van der Waals surface area contributed by atoms with Crippen LogP contribution in [0.5, 0.6) is 0 Å². The maximum Gasteiger partial charge on any atom is 0.354 e. The number of rotatable bonds is 4. The predicted molar refractivity (Wildman–Crippen MR) is 63.4 cm³/mol. The van der Waals surface area contributed by atoms with Crippen LogP contribution in [0.25, 0.3) is 0 Å². The number of aromatic nitrogens is 4. The van der Waals surface area contributed by atoms with Crippen molar-refractivity contribution in [1.82, 2.24) is 25.1 Å². The van der Waals surface area contributed by atoms with E-state index in [1.807, 2.05) is 0 Å². The quantitative estimate of drug-likeness (QED) is 0.791. The zero-order chi connectivity index (χ0) is 13.8. The Morgan fingerprint density at radius 1 is 1.37 bits per heavy atom. The monoisotopic (exact) mass is 261 g/mol. The number of carboxylic acids is 1. The molecule has 8 heteroatoms. The number of aryl methyl sites for hydroxylation is 1. The second-order valence-electron chi connectivity index (χ2n) is 3.73. The Hall–Kier alpha value is -2.77. The first-order valence-electron chi connectivity index (χ1n) is 5.39. The van der Waals surface area contributed by atoms with Crippen LogP contribution in [0, 0.1) is 0 Å². The van der Waals surface area contributed by atoms with E-state index >= 15 is 0 Å². The van der Waals surface area contributed by atoms with Crippen molar-refractivity contribution >= 4 is 11.9 Å². The topological polar surface area (TPSA) is 110 Å². The molecule has 0 aromatic carbocycles. The van der Waals surface area contributed by atoms with Crippen molar-refractivity contribution in [3.8, 4) is 0 Å². The Labute approximate surface area is 108 Å². The molecule has 0 fully saturated rings. The van der Waals surface area contributed by atoms with Crippen molar-refractivity contribution < 1.29 is 14.7 Å². The van der Waals surface area contributed by atoms with Gasteiger partial charge >= 0.3 is 5.97 Å². The first-order chi connectivity index (χ1) is 9.06. The molecule has 0 bridgehead atoms. The number of pyridine rings is 1. The number of carbonyl (C=O) groups excluding carboxylic acids is 1. The summed E-state index contributed by atoms with van der Waals surface area (Å²) < 4.78 is 1.52. The van der Waals surface area contributed by atoms with Crippen LogP contribution in [0.15, 0.2) is 24.5 Å². The molecule has 2 N–H and O–H groups in total. The molecule has 8 nitrogen and oxygen atoms in total. The summed E-state index contributed by atoms with van der Waals surface area (Å²) in [5.41, 5.74) is -0.139. The molecule has 2 heterocycles. The lowest BCUT2D eigenvalue weighted by molar-refractivity contribution is 0.0690. The number of carboxylic acid groups (broad SMARTS) is 1. The van der Waals surface area contributed by atoms with Crippen molar-refractivity contribution in [2.75, 3.05) is 0 Å². The molecule has 19 heavy (non-hydrogen) atoms. The van der Waals surface area contributed by atoms with Gasteiger partial charge in [-0.15, -0.1) is 0 Å². The molecule has 2 rings (SSSR count). The van der Waals surface area contributed by atoms with Gasteiger partial charge in [0, 0.05) is 7.05 Å². The summed E-state index contributed by atoms with van der Waals surface area (Å²) in [6.45, 7) is 0.151. The van der Waals surface area contributed by atoms with Crippen LogP contribution in [0.4, 0.5) is 0 Å². The Morgan fingerprint density at radius 2 is 2.11 bits per heavy atom. The number of hydrogen-bond donors (Lipinski definition) is 2. The number of aromatic carboxylic acids is 1. The molecule has 0 aliphatic heterocycles. The van der Waals surface area contributed by atoms with E-state index in [2.05, 4.69) is 20.4 Å². The molecule has 0 aliphatic carbocycles. The second kappa shape index (κ2) is 5.25. The molecule has 0 radical (unpaired) electrons. The van der Waals surface area contributed by atoms with E-state index < -0.39 is 11.9 Å². The summed E-state index contributed by atoms with van der Waals surface area (Å²) in [6.07, 6.45) is 1.52. The fraction of sp³-hybridized carbons (Fsp3) is 0.182. The second-order valence-corrected chi connectivity index (χ2v) is 3.73. The van der Waals surface area contributed by atoms with E-state index in [4.69, 9.17) is 5.11 Å². The van der Waals surface area contributed by atoms with E-state index in [0.29, 0.717) is 5.82 Å². The zero-order valence-electron chi connectivity index (χ0n) is 10.1. The molecule has 0 atom stereocenters. The first kappa shape index (κ1) is 12.7. The molecule has 2 aromatic heterocycles. The third-order valence-electron chi connectivity index (χ3n) is 2.25. The average molecular weight is 261 g/mol. The summed E-state index contributed by atoms with van der Waals surface area (Å²) in [4.78, 5) is 30.2. The highest BCUT2D eigenvalue weighted by atomic mass is 16.4. The van der Waals surface area contributed by atoms with Gasteiger partial charge < -0.3 is 10.4 Å². The number of nitrogens with zero attached hydrogens (tertiary/aromatic N) is 4. The molecule has 98 valence electrons. The lowest BCUT2D eigenvalue weighted by Gasteiger charge is -2.02. The van der Waals surface area contributed by atoms with E-state index in [0.717, 1.165) is 0 Å². The van der Waals surface area contributed by atoms with Crippen LogP contribution in [-0.4, -0.2) is 36.7 Å². The lowest BCUT2D eigenvalue weighted by atomic mass is 10.3. The smallest absolute Gasteiger partial charge is 0.354 e. The third-order valence-corrected chi connectivity index (χ3v) is 2.25. The van der Waals surface area contributed by atoms with Crippen molar-refractivity contribution in [1.29, 1.82) is 0 Å². The molecule has 0 unspecified atom stereocenters. The SMILES string of the molecule is Cn1cnc(CNC(=O)c2cccc(C(=O)O)n2)n1. The van der Waals surface area contributed by atoms with Crippen LogP contribution in [0.3, 0.4) is 0 Å². The van der Waals surface area contributed by atoms with Crippen LogP contribution in [0.2, 0.25) is 0 Å². The van der Waals surface area contributed by atoms with Crippen molar-refractivity contribution in [2.24, 2.45) is 7.05 Å². The Kier molecular flexibility index (Phi) is 3.51. The minimum Gasteiger partial charge on any atom is -0.477 e. The van der Waals surface area contributed by atoms with Crippen LogP contribution < -0.4 is 5.32 Å². The van der Waals surface area contributed by atoms with Gasteiger partial charge in [0.05, 0.1) is 6.54 Å². The minimum atomic E-state index is -1.18. The summed E-state index contributed by atoms with van der Waals surface area (Å²) >= 11 is 0. The van der Waals surface area contributed by atoms with Gasteiger partial charge in [0.25, 0.3) is 5.91 Å². The van der Waals surface area contributed by atoms with Gasteiger partial charge in [-0.25, -0.2) is 14.8 Å². The van der Waals surface area contributed by atoms with E-state index in [1.54, 1.807) is 7.05 Å². The van der Waals surface area contributed by atoms with E-state index in [9.17, 15) is 9.59 Å². The van der Waals surface area contributed by atoms with Gasteiger partial charge in [-0.1, -0.05) is 6.07 Å². The highest BCUT2D eigenvalue weighted by Gasteiger charge is 2.11. The van der Waals surface area contributed by atoms with E-state index in [-0.39, 0.29) is 17.9 Å². The number of nitrogens with one attached hydrogen (secondary N) is 1. The fourth-order valence-corrected chi connectivity index (χ4v) is 1.40. The molecule has 2 aromatic rings. The molecule has 1 amide bonds. The van der Waals surface area contributed by atoms with Gasteiger partial charge in [0.1, 0.15) is 17.7 Å². The summed E-state index contributed by atoms with van der Waals surface area (Å²) in [5.74, 6) is -1.19. The highest BCUT2D eigenvalue weighted by Crippen LogP contribution is 2.00. The standard InChI is InChI=1S/C11H11N5O3/c1-16-6-13-9(15-16)5-12-10(17)7-3-2-4-8(14-7)11(18)19/h2-4,6H,5H2,1H3,(H,12,17)(H,18,19). The average Bonchev–Trinajstić information content (AvgIpc) is 2.82. The number of carbonyl (C=O) groups is 2. The number of amides is 1. The fourth-order valence-electron chi connectivity index (χ4n) is 1.40. The summed E-state index contributed by atoms with van der Waals surface area (Å²) in [5, 5.41) is 15.3. The van der Waals surface area contributed by atoms with E-state index in [1.165, 1.54) is 29.2 Å². The molecular formula is C11H11N5O3. The maximum absolute atomic E-state index is 11.8. The molecule has 0 saturated heterocycles. The summed E-state index contributed by atoms with van der Waals surface area (Å²) in [7, 11) is 1.72. The van der Waals surface area contributed by atoms with Gasteiger partial charge in [0.2, 0.25) is 0 Å². The Balaban J connectivity index is 2.03. The Morgan fingerprint density at radius 3 is 2.74 bits per heavy atom. The zero-order valence-corrected chi connectivity index (χ0v) is 10.1. The normalized spacial score (nSPS) is 10.2. The third kappa shape index (κ3) is 3.12. The van der Waals surface area contributed by atoms with Crippen molar-refractivity contribution in [2.45, 2.75) is 6.54 Å². The minimum absolute atomic E-state index is 0.0378. The van der Waals surface area contributed by atoms with Crippen molar-refractivity contribution in [3.05, 3.63) is 41.7 Å². The van der Waals surface area contributed by atoms with Crippen molar-refractivity contribution in [3.63, 3.8) is 0 Å². The highest BCUT2D eigenvalue weighted by molar-refractivity contribution is 5.94. The van der Waals surface area contributed by atoms with Gasteiger partial charge in [-0.3, -0.25) is 9.48 Å². The maximum atomic E-state index is 11.8. The summed E-state index contributed by atoms with van der Waals surface area (Å²) in [6, 6.07) is 4.22. The first-order valence-corrected chi connectivity index (χ1v) is 5.39. The molecule has 0 spiro atoms. The largest absolute Gasteiger partial charge is 0.477 e. The molecule has 0 saturated carbocycles. The van der Waals surface area contributed by atoms with Crippen LogP contribution in [-0.2, 0) is 13.6 Å². The lowest BCUT2D eigenvalue weighted by Crippen LogP contribution is -2.25. The van der Waals surface area contributed by atoms with Crippen LogP contribution >= 0.6 is 0 Å². The Bertz CT molecular complexity index is 622. The van der Waals surface area contributed by atoms with Gasteiger partial charge in [-0.05, 0) is 12.1 Å². The van der Waals surface area contributed by atoms with Crippen LogP contribution in [0.1, 0.15) is 26.8 Å². The van der Waals surface area contributed by atoms with Gasteiger partial charge in [0.15, 0.2) is 5.82 Å². The number of hydrogen-bond acceptors (Lipinski definition) is 5. The van der Waals surface area contributed by atoms with Gasteiger partial charge in [-0.2, -0.15) is 5.10 Å². The molecular weight excluding hydrogens is 250 g/mol.